The van der Waals surface area contributed by atoms with Gasteiger partial charge in [-0.25, -0.2) is 0 Å². The summed E-state index contributed by atoms with van der Waals surface area (Å²) in [6.45, 7) is 3.06. The van der Waals surface area contributed by atoms with Gasteiger partial charge >= 0.3 is 30.2 Å². The largest absolute Gasteiger partial charge is 0.164 e. The van der Waals surface area contributed by atoms with Crippen LogP contribution in [0.1, 0.15) is 87.2 Å². The molecule has 0 aromatic heterocycles. The third kappa shape index (κ3) is 8.37. The van der Waals surface area contributed by atoms with Crippen molar-refractivity contribution >= 4 is 28.4 Å². The molecule has 0 heterocycles. The Kier molecular flexibility index (Phi) is 14.1. The van der Waals surface area contributed by atoms with Crippen LogP contribution < -0.4 is 0 Å². The zero-order valence-electron chi connectivity index (χ0n) is 27.8. The molecule has 8 rings (SSSR count). The van der Waals surface area contributed by atoms with E-state index in [0.717, 1.165) is 11.8 Å². The second kappa shape index (κ2) is 17.9. The van der Waals surface area contributed by atoms with Gasteiger partial charge in [-0.15, -0.1) is 69.1 Å². The second-order valence-electron chi connectivity index (χ2n) is 12.6. The summed E-state index contributed by atoms with van der Waals surface area (Å²) < 4.78 is 0. The molecule has 2 saturated carbocycles. The molecule has 0 atom stereocenters. The van der Waals surface area contributed by atoms with Gasteiger partial charge in [-0.2, -0.15) is 12.1 Å². The summed E-state index contributed by atoms with van der Waals surface area (Å²) in [7, 11) is 0. The number of rotatable bonds is 4. The van der Waals surface area contributed by atoms with Crippen molar-refractivity contribution in [1.82, 2.24) is 0 Å². The molecule has 2 heteroatoms. The minimum absolute atomic E-state index is 0. The number of fused-ring (bicyclic) bond motifs is 2. The van der Waals surface area contributed by atoms with Gasteiger partial charge in [0.1, 0.15) is 0 Å². The molecule has 46 heavy (non-hydrogen) atoms. The average molecular weight is 696 g/mol. The van der Waals surface area contributed by atoms with Crippen molar-refractivity contribution in [1.29, 1.82) is 0 Å². The number of hydrogen-bond donors (Lipinski definition) is 0. The monoisotopic (exact) mass is 694 g/mol. The molecule has 0 aliphatic heterocycles. The van der Waals surface area contributed by atoms with Gasteiger partial charge in [-0.3, -0.25) is 0 Å². The van der Waals surface area contributed by atoms with Crippen molar-refractivity contribution in [3.05, 3.63) is 147 Å². The quantitative estimate of drug-likeness (QED) is 0.127. The van der Waals surface area contributed by atoms with Crippen molar-refractivity contribution in [2.24, 2.45) is 0 Å². The Hall–Kier alpha value is -2.80. The average Bonchev–Trinajstić information content (AvgIpc) is 3.76. The van der Waals surface area contributed by atoms with E-state index in [0.29, 0.717) is 0 Å². The molecule has 2 radical (unpaired) electrons. The Morgan fingerprint density at radius 1 is 0.457 bits per heavy atom. The van der Waals surface area contributed by atoms with E-state index in [1.807, 2.05) is 0 Å². The first-order valence-corrected chi connectivity index (χ1v) is 20.8. The van der Waals surface area contributed by atoms with Crippen LogP contribution in [0, 0.1) is 14.9 Å². The maximum absolute atomic E-state index is 3.06. The molecule has 6 aromatic rings. The van der Waals surface area contributed by atoms with Gasteiger partial charge in [0.2, 0.25) is 0 Å². The van der Waals surface area contributed by atoms with Gasteiger partial charge in [0.15, 0.2) is 0 Å². The first kappa shape index (κ1) is 36.0. The molecule has 0 saturated heterocycles. The summed E-state index contributed by atoms with van der Waals surface area (Å²) in [4.78, 5) is 0. The Morgan fingerprint density at radius 2 is 0.826 bits per heavy atom. The number of hydrogen-bond acceptors (Lipinski definition) is 0. The fourth-order valence-electron chi connectivity index (χ4n) is 7.60. The summed E-state index contributed by atoms with van der Waals surface area (Å²) in [5, 5.41) is 5.64. The van der Waals surface area contributed by atoms with Crippen molar-refractivity contribution in [2.75, 3.05) is 0 Å². The first-order chi connectivity index (χ1) is 21.8. The van der Waals surface area contributed by atoms with E-state index in [4.69, 9.17) is 0 Å². The summed E-state index contributed by atoms with van der Waals surface area (Å²) in [6.07, 6.45) is 13.9. The van der Waals surface area contributed by atoms with Crippen LogP contribution >= 0.6 is 0 Å². The Morgan fingerprint density at radius 3 is 1.20 bits per heavy atom. The van der Waals surface area contributed by atoms with Crippen LogP contribution in [0.5, 0.6) is 0 Å². The van der Waals surface area contributed by atoms with Crippen LogP contribution in [0.25, 0.3) is 43.8 Å². The molecule has 0 spiro atoms. The fourth-order valence-corrected chi connectivity index (χ4v) is 7.60. The van der Waals surface area contributed by atoms with Crippen LogP contribution in [0.15, 0.2) is 121 Å². The van der Waals surface area contributed by atoms with Gasteiger partial charge < -0.3 is 14.9 Å². The fraction of sp³-hybridized carbons (Fsp3) is 0.273. The van der Waals surface area contributed by atoms with Crippen LogP contribution in [0.2, 0.25) is 0 Å². The molecule has 2 fully saturated rings. The summed E-state index contributed by atoms with van der Waals surface area (Å²) in [6, 6.07) is 44.7. The van der Waals surface area contributed by atoms with Gasteiger partial charge in [0.25, 0.3) is 0 Å². The predicted octanol–water partition coefficient (Wildman–Crippen LogP) is 13.1. The van der Waals surface area contributed by atoms with E-state index in [1.165, 1.54) is 131 Å². The van der Waals surface area contributed by atoms with Gasteiger partial charge in [0.05, 0.1) is 0 Å². The molecule has 2 aliphatic carbocycles. The Labute approximate surface area is 295 Å². The smallest absolute Gasteiger partial charge is 0.0279 e. The van der Waals surface area contributed by atoms with Crippen LogP contribution in [-0.4, -0.2) is 6.88 Å². The molecular weight excluding hydrogens is 648 g/mol. The van der Waals surface area contributed by atoms with E-state index >= 15 is 0 Å². The van der Waals surface area contributed by atoms with Crippen LogP contribution in [-0.2, 0) is 23.3 Å². The van der Waals surface area contributed by atoms with Gasteiger partial charge in [-0.05, 0) is 48.6 Å². The Balaban J connectivity index is 0.000000190. The second-order valence-corrected chi connectivity index (χ2v) is 12.6. The standard InChI is InChI=1S/2C21H21.2CH3.Si.Zr/c2*1-3-8-16(9-4-1)19-14-18-12-7-13-20(21(18)15-19)17-10-5-2-6-11-17;;;;/h2*2,5-7,10-16H,1,3-4,8-9H2;2*1H3;;/q4*-1;;. The third-order valence-corrected chi connectivity index (χ3v) is 9.87. The minimum atomic E-state index is 0. The van der Waals surface area contributed by atoms with Crippen LogP contribution in [0.4, 0.5) is 0 Å². The molecule has 6 aromatic carbocycles. The molecule has 0 bridgehead atoms. The van der Waals surface area contributed by atoms with Gasteiger partial charge in [0, 0.05) is 0 Å². The zero-order chi connectivity index (χ0) is 30.1. The predicted molar refractivity (Wildman–Crippen MR) is 200 cm³/mol. The molecule has 0 N–H and O–H groups in total. The maximum Gasteiger partial charge on any atom is -0.0279 e. The zero-order valence-corrected chi connectivity index (χ0v) is 31.2. The normalized spacial score (nSPS) is 15.0. The molecule has 0 unspecified atom stereocenters. The molecule has 2 aliphatic rings. The third-order valence-electron chi connectivity index (χ3n) is 9.87. The van der Waals surface area contributed by atoms with Crippen molar-refractivity contribution in [3.8, 4) is 22.3 Å². The van der Waals surface area contributed by atoms with Crippen molar-refractivity contribution in [2.45, 2.75) is 76.0 Å². The van der Waals surface area contributed by atoms with Crippen molar-refractivity contribution < 1.29 is 23.3 Å². The van der Waals surface area contributed by atoms with E-state index in [-0.39, 0.29) is 14.9 Å². The van der Waals surface area contributed by atoms with Gasteiger partial charge in [-0.1, -0.05) is 122 Å². The molecular formula is C44H48SiZr-4. The Bertz CT molecular complexity index is 1620. The van der Waals surface area contributed by atoms with E-state index in [2.05, 4.69) is 128 Å². The van der Waals surface area contributed by atoms with Crippen molar-refractivity contribution in [3.63, 3.8) is 0 Å². The van der Waals surface area contributed by atoms with E-state index in [9.17, 15) is 0 Å². The summed E-state index contributed by atoms with van der Waals surface area (Å²) in [5.74, 6) is 1.57. The SMILES string of the molecule is [CH3-].[CH3-].[Si]=[Zr].c1ccc(-c2cccc3[cH-]c(C4CCCCC4)cc23)cc1.c1ccc(-c2cccc3[cH-]c(C4CCCCC4)cc23)cc1. The molecule has 236 valence electrons. The number of benzene rings is 4. The minimum Gasteiger partial charge on any atom is -0.164 e. The summed E-state index contributed by atoms with van der Waals surface area (Å²) in [5.41, 5.74) is 8.51. The molecule has 0 nitrogen and oxygen atoms in total. The first-order valence-electron chi connectivity index (χ1n) is 16.6. The maximum atomic E-state index is 3.06. The van der Waals surface area contributed by atoms with E-state index in [1.54, 1.807) is 11.1 Å². The summed E-state index contributed by atoms with van der Waals surface area (Å²) >= 11 is 1.36. The van der Waals surface area contributed by atoms with E-state index < -0.39 is 0 Å². The topological polar surface area (TPSA) is 0 Å². The van der Waals surface area contributed by atoms with Crippen LogP contribution in [0.3, 0.4) is 0 Å². The molecule has 0 amide bonds.